The Morgan fingerprint density at radius 2 is 1.58 bits per heavy atom. The summed E-state index contributed by atoms with van der Waals surface area (Å²) in [7, 11) is 0. The van der Waals surface area contributed by atoms with E-state index >= 15 is 0 Å². The molecule has 172 valence electrons. The molecule has 2 fully saturated rings. The van der Waals surface area contributed by atoms with Crippen molar-refractivity contribution in [1.82, 2.24) is 19.4 Å². The molecule has 2 aromatic carbocycles. The lowest BCUT2D eigenvalue weighted by Gasteiger charge is -2.40. The van der Waals surface area contributed by atoms with E-state index in [1.54, 1.807) is 0 Å². The largest absolute Gasteiger partial charge is 0.335 e. The number of hydrogen-bond acceptors (Lipinski definition) is 3. The third kappa shape index (κ3) is 4.81. The van der Waals surface area contributed by atoms with Crippen LogP contribution in [-0.4, -0.2) is 57.5 Å². The number of hydrogen-bond donors (Lipinski definition) is 0. The normalized spacial score (nSPS) is 17.9. The Morgan fingerprint density at radius 1 is 0.879 bits per heavy atom. The molecule has 0 atom stereocenters. The molecule has 0 N–H and O–H groups in total. The minimum absolute atomic E-state index is 0.0284. The predicted octanol–water partition coefficient (Wildman–Crippen LogP) is 5.94. The number of nitrogens with zero attached hydrogens (tertiary/aromatic N) is 4. The van der Waals surface area contributed by atoms with Gasteiger partial charge in [0.05, 0.1) is 5.02 Å². The fourth-order valence-corrected chi connectivity index (χ4v) is 5.36. The van der Waals surface area contributed by atoms with Crippen LogP contribution in [0.25, 0.3) is 17.1 Å². The van der Waals surface area contributed by atoms with Crippen LogP contribution in [0.3, 0.4) is 0 Å². The number of amides is 1. The van der Waals surface area contributed by atoms with Gasteiger partial charge in [0.2, 0.25) is 0 Å². The van der Waals surface area contributed by atoms with E-state index in [4.69, 9.17) is 28.2 Å². The Labute approximate surface area is 204 Å². The number of halogens is 2. The van der Waals surface area contributed by atoms with E-state index < -0.39 is 0 Å². The summed E-state index contributed by atoms with van der Waals surface area (Å²) in [6.07, 6.45) is 8.42. The van der Waals surface area contributed by atoms with Gasteiger partial charge in [-0.05, 0) is 49.2 Å². The molecule has 3 aromatic rings. The van der Waals surface area contributed by atoms with Gasteiger partial charge in [0.1, 0.15) is 11.5 Å². The number of carbonyl (C=O) groups excluding carboxylic acids is 1. The molecule has 33 heavy (non-hydrogen) atoms. The average molecular weight is 483 g/mol. The number of benzene rings is 2. The van der Waals surface area contributed by atoms with Crippen molar-refractivity contribution in [3.8, 4) is 17.1 Å². The zero-order valence-corrected chi connectivity index (χ0v) is 20.1. The number of rotatable bonds is 4. The third-order valence-electron chi connectivity index (χ3n) is 6.84. The molecule has 2 heterocycles. The van der Waals surface area contributed by atoms with E-state index in [0.29, 0.717) is 27.6 Å². The fourth-order valence-electron chi connectivity index (χ4n) is 5.01. The number of imidazole rings is 1. The highest BCUT2D eigenvalue weighted by molar-refractivity contribution is 6.33. The first-order valence-electron chi connectivity index (χ1n) is 11.7. The van der Waals surface area contributed by atoms with Crippen LogP contribution >= 0.6 is 23.2 Å². The Kier molecular flexibility index (Phi) is 6.72. The molecule has 0 radical (unpaired) electrons. The van der Waals surface area contributed by atoms with Gasteiger partial charge < -0.3 is 4.90 Å². The van der Waals surface area contributed by atoms with Crippen LogP contribution in [0, 0.1) is 0 Å². The molecule has 1 aromatic heterocycles. The van der Waals surface area contributed by atoms with Crippen molar-refractivity contribution in [2.24, 2.45) is 0 Å². The topological polar surface area (TPSA) is 41.4 Å². The van der Waals surface area contributed by atoms with Gasteiger partial charge in [0.25, 0.3) is 5.91 Å². The second-order valence-corrected chi connectivity index (χ2v) is 9.74. The molecule has 5 nitrogen and oxygen atoms in total. The van der Waals surface area contributed by atoms with Crippen LogP contribution in [0.5, 0.6) is 0 Å². The standard InChI is InChI=1S/C26H28Cl2N4O/c27-19-10-12-21(13-11-19)32-18-24(29-25(32)22-8-4-5-9-23(22)28)26(33)31-16-14-30(15-17-31)20-6-2-1-3-7-20/h4-5,8-13,18,20H,1-3,6-7,14-17H2. The zero-order valence-electron chi connectivity index (χ0n) is 18.6. The molecular weight excluding hydrogens is 455 g/mol. The van der Waals surface area contributed by atoms with E-state index in [0.717, 1.165) is 37.4 Å². The van der Waals surface area contributed by atoms with Crippen LogP contribution in [0.1, 0.15) is 42.6 Å². The highest BCUT2D eigenvalue weighted by Gasteiger charge is 2.29. The number of piperazine rings is 1. The molecule has 1 saturated heterocycles. The van der Waals surface area contributed by atoms with Crippen molar-refractivity contribution in [2.45, 2.75) is 38.1 Å². The first-order valence-corrected chi connectivity index (χ1v) is 12.5. The maximum atomic E-state index is 13.4. The van der Waals surface area contributed by atoms with E-state index in [2.05, 4.69) is 4.90 Å². The number of carbonyl (C=O) groups is 1. The molecule has 2 aliphatic rings. The molecule has 1 aliphatic carbocycles. The van der Waals surface area contributed by atoms with Crippen molar-refractivity contribution in [3.63, 3.8) is 0 Å². The summed E-state index contributed by atoms with van der Waals surface area (Å²) in [6.45, 7) is 3.35. The van der Waals surface area contributed by atoms with Crippen LogP contribution in [0.15, 0.2) is 54.7 Å². The maximum absolute atomic E-state index is 13.4. The van der Waals surface area contributed by atoms with Gasteiger partial charge in [-0.3, -0.25) is 14.3 Å². The fraction of sp³-hybridized carbons (Fsp3) is 0.385. The van der Waals surface area contributed by atoms with E-state index in [-0.39, 0.29) is 5.91 Å². The van der Waals surface area contributed by atoms with E-state index in [1.165, 1.54) is 32.1 Å². The summed E-state index contributed by atoms with van der Waals surface area (Å²) in [6, 6.07) is 15.8. The summed E-state index contributed by atoms with van der Waals surface area (Å²) < 4.78 is 1.92. The van der Waals surface area contributed by atoms with Gasteiger partial charge in [0.15, 0.2) is 0 Å². The third-order valence-corrected chi connectivity index (χ3v) is 7.42. The second kappa shape index (κ2) is 9.88. The lowest BCUT2D eigenvalue weighted by Crippen LogP contribution is -2.52. The molecule has 1 aliphatic heterocycles. The van der Waals surface area contributed by atoms with E-state index in [1.807, 2.05) is 64.2 Å². The van der Waals surface area contributed by atoms with Crippen LogP contribution in [0.4, 0.5) is 0 Å². The van der Waals surface area contributed by atoms with Gasteiger partial charge >= 0.3 is 0 Å². The lowest BCUT2D eigenvalue weighted by atomic mass is 9.94. The SMILES string of the molecule is O=C(c1cn(-c2ccc(Cl)cc2)c(-c2ccccc2Cl)n1)N1CCN(C2CCCCC2)CC1. The summed E-state index contributed by atoms with van der Waals surface area (Å²) in [5.41, 5.74) is 2.10. The quantitative estimate of drug-likeness (QED) is 0.462. The highest BCUT2D eigenvalue weighted by Crippen LogP contribution is 2.30. The van der Waals surface area contributed by atoms with Gasteiger partial charge in [-0.15, -0.1) is 0 Å². The summed E-state index contributed by atoms with van der Waals surface area (Å²) >= 11 is 12.6. The molecular formula is C26H28Cl2N4O. The van der Waals surface area contributed by atoms with Crippen molar-refractivity contribution < 1.29 is 4.79 Å². The van der Waals surface area contributed by atoms with Gasteiger partial charge in [-0.1, -0.05) is 54.6 Å². The van der Waals surface area contributed by atoms with Gasteiger partial charge in [0, 0.05) is 54.7 Å². The van der Waals surface area contributed by atoms with Crippen LogP contribution < -0.4 is 0 Å². The molecule has 1 amide bonds. The molecule has 5 rings (SSSR count). The minimum Gasteiger partial charge on any atom is -0.335 e. The first kappa shape index (κ1) is 22.5. The van der Waals surface area contributed by atoms with Crippen molar-refractivity contribution >= 4 is 29.1 Å². The monoisotopic (exact) mass is 482 g/mol. The Balaban J connectivity index is 1.40. The van der Waals surface area contributed by atoms with Crippen LogP contribution in [0.2, 0.25) is 10.0 Å². The van der Waals surface area contributed by atoms with E-state index in [9.17, 15) is 4.79 Å². The molecule has 0 spiro atoms. The molecule has 0 unspecified atom stereocenters. The average Bonchev–Trinajstić information content (AvgIpc) is 3.30. The lowest BCUT2D eigenvalue weighted by molar-refractivity contribution is 0.0519. The molecule has 0 bridgehead atoms. The van der Waals surface area contributed by atoms with Gasteiger partial charge in [-0.2, -0.15) is 0 Å². The minimum atomic E-state index is -0.0284. The van der Waals surface area contributed by atoms with Crippen molar-refractivity contribution in [1.29, 1.82) is 0 Å². The summed E-state index contributed by atoms with van der Waals surface area (Å²) in [5, 5.41) is 1.25. The Hall–Kier alpha value is -2.34. The number of aromatic nitrogens is 2. The molecule has 1 saturated carbocycles. The summed E-state index contributed by atoms with van der Waals surface area (Å²) in [4.78, 5) is 22.7. The second-order valence-electron chi connectivity index (χ2n) is 8.90. The predicted molar refractivity (Wildman–Crippen MR) is 133 cm³/mol. The smallest absolute Gasteiger partial charge is 0.274 e. The molecule has 7 heteroatoms. The van der Waals surface area contributed by atoms with Crippen molar-refractivity contribution in [3.05, 3.63) is 70.5 Å². The first-order chi connectivity index (χ1) is 16.1. The zero-order chi connectivity index (χ0) is 22.8. The van der Waals surface area contributed by atoms with Crippen LogP contribution in [-0.2, 0) is 0 Å². The van der Waals surface area contributed by atoms with Gasteiger partial charge in [-0.25, -0.2) is 4.98 Å². The Morgan fingerprint density at radius 3 is 2.27 bits per heavy atom. The van der Waals surface area contributed by atoms with Crippen molar-refractivity contribution in [2.75, 3.05) is 26.2 Å². The maximum Gasteiger partial charge on any atom is 0.274 e. The Bertz CT molecular complexity index is 1110. The summed E-state index contributed by atoms with van der Waals surface area (Å²) in [5.74, 6) is 0.617. The highest BCUT2D eigenvalue weighted by atomic mass is 35.5.